The number of carbonyl (C=O) groups is 1. The molecule has 0 unspecified atom stereocenters. The number of likely N-dealkylation sites (tertiary alicyclic amines) is 1. The third-order valence-corrected chi connectivity index (χ3v) is 2.94. The zero-order valence-electron chi connectivity index (χ0n) is 8.76. The van der Waals surface area contributed by atoms with Gasteiger partial charge in [-0.2, -0.15) is 13.2 Å². The van der Waals surface area contributed by atoms with Crippen LogP contribution in [0.15, 0.2) is 0 Å². The Balaban J connectivity index is 2.72. The predicted molar refractivity (Wildman–Crippen MR) is 52.2 cm³/mol. The van der Waals surface area contributed by atoms with Gasteiger partial charge in [0.05, 0.1) is 12.5 Å². The summed E-state index contributed by atoms with van der Waals surface area (Å²) in [5.41, 5.74) is 0. The third-order valence-electron chi connectivity index (χ3n) is 2.71. The van der Waals surface area contributed by atoms with Gasteiger partial charge in [-0.05, 0) is 0 Å². The van der Waals surface area contributed by atoms with Gasteiger partial charge < -0.3 is 9.64 Å². The fourth-order valence-corrected chi connectivity index (χ4v) is 2.08. The van der Waals surface area contributed by atoms with Gasteiger partial charge in [0.2, 0.25) is 5.91 Å². The van der Waals surface area contributed by atoms with Crippen LogP contribution in [0.25, 0.3) is 0 Å². The van der Waals surface area contributed by atoms with Crippen molar-refractivity contribution < 1.29 is 22.7 Å². The largest absolute Gasteiger partial charge is 0.393 e. The molecule has 1 rings (SSSR count). The van der Waals surface area contributed by atoms with E-state index in [0.717, 1.165) is 4.90 Å². The monoisotopic (exact) mass is 259 g/mol. The van der Waals surface area contributed by atoms with Gasteiger partial charge in [-0.15, -0.1) is 11.6 Å². The standard InChI is InChI=1S/C9H13ClF3NO2/c1-16-5-6-3-14(8(15)2-10)4-7(6)9(11,12)13/h6-7H,2-5H2,1H3/t6-,7+/m1/s1. The summed E-state index contributed by atoms with van der Waals surface area (Å²) in [6.45, 7) is -0.261. The molecule has 0 aromatic heterocycles. The van der Waals surface area contributed by atoms with Crippen LogP contribution >= 0.6 is 11.6 Å². The second-order valence-electron chi connectivity index (χ2n) is 3.80. The average molecular weight is 260 g/mol. The molecule has 1 aliphatic rings. The first-order valence-corrected chi connectivity index (χ1v) is 5.33. The van der Waals surface area contributed by atoms with Crippen LogP contribution in [0.5, 0.6) is 0 Å². The fraction of sp³-hybridized carbons (Fsp3) is 0.889. The molecule has 3 nitrogen and oxygen atoms in total. The van der Waals surface area contributed by atoms with Crippen LogP contribution in [0.3, 0.4) is 0 Å². The Hall–Kier alpha value is -0.490. The first-order valence-electron chi connectivity index (χ1n) is 4.79. The highest BCUT2D eigenvalue weighted by Crippen LogP contribution is 2.37. The second-order valence-corrected chi connectivity index (χ2v) is 4.06. The van der Waals surface area contributed by atoms with Crippen LogP contribution in [-0.4, -0.2) is 49.7 Å². The van der Waals surface area contributed by atoms with Crippen molar-refractivity contribution in [3.05, 3.63) is 0 Å². The number of alkyl halides is 4. The van der Waals surface area contributed by atoms with Crippen molar-refractivity contribution in [3.63, 3.8) is 0 Å². The maximum Gasteiger partial charge on any atom is 0.393 e. The lowest BCUT2D eigenvalue weighted by Crippen LogP contribution is -2.33. The van der Waals surface area contributed by atoms with Gasteiger partial charge >= 0.3 is 6.18 Å². The van der Waals surface area contributed by atoms with Crippen molar-refractivity contribution in [1.82, 2.24) is 4.90 Å². The zero-order valence-corrected chi connectivity index (χ0v) is 9.51. The summed E-state index contributed by atoms with van der Waals surface area (Å²) in [6.07, 6.45) is -4.30. The van der Waals surface area contributed by atoms with Gasteiger partial charge in [-0.3, -0.25) is 4.79 Å². The maximum atomic E-state index is 12.6. The smallest absolute Gasteiger partial charge is 0.384 e. The number of methoxy groups -OCH3 is 1. The summed E-state index contributed by atoms with van der Waals surface area (Å²) >= 11 is 5.32. The van der Waals surface area contributed by atoms with Crippen molar-refractivity contribution in [3.8, 4) is 0 Å². The molecule has 0 spiro atoms. The number of hydrogen-bond acceptors (Lipinski definition) is 2. The number of rotatable bonds is 3. The van der Waals surface area contributed by atoms with E-state index in [9.17, 15) is 18.0 Å². The third kappa shape index (κ3) is 3.01. The number of amides is 1. The molecule has 7 heteroatoms. The molecule has 0 saturated carbocycles. The molecule has 0 radical (unpaired) electrons. The van der Waals surface area contributed by atoms with Crippen LogP contribution in [0, 0.1) is 11.8 Å². The molecule has 2 atom stereocenters. The molecule has 1 heterocycles. The van der Waals surface area contributed by atoms with E-state index in [0.29, 0.717) is 0 Å². The lowest BCUT2D eigenvalue weighted by molar-refractivity contribution is -0.183. The Kier molecular flexibility index (Phi) is 4.43. The van der Waals surface area contributed by atoms with E-state index in [4.69, 9.17) is 16.3 Å². The van der Waals surface area contributed by atoms with Crippen LogP contribution < -0.4 is 0 Å². The Morgan fingerprint density at radius 2 is 2.12 bits per heavy atom. The number of hydrogen-bond donors (Lipinski definition) is 0. The lowest BCUT2D eigenvalue weighted by Gasteiger charge is -2.19. The first-order chi connectivity index (χ1) is 7.40. The SMILES string of the molecule is COC[C@H]1CN(C(=O)CCl)C[C@@H]1C(F)(F)F. The van der Waals surface area contributed by atoms with Crippen LogP contribution in [0.1, 0.15) is 0 Å². The summed E-state index contributed by atoms with van der Waals surface area (Å²) in [6, 6.07) is 0. The minimum Gasteiger partial charge on any atom is -0.384 e. The van der Waals surface area contributed by atoms with Crippen molar-refractivity contribution in [2.75, 3.05) is 32.7 Å². The minimum atomic E-state index is -4.30. The highest BCUT2D eigenvalue weighted by molar-refractivity contribution is 6.27. The molecule has 0 bridgehead atoms. The van der Waals surface area contributed by atoms with Gasteiger partial charge in [-0.25, -0.2) is 0 Å². The molecular formula is C9H13ClF3NO2. The Morgan fingerprint density at radius 3 is 2.56 bits per heavy atom. The molecule has 0 aliphatic carbocycles. The van der Waals surface area contributed by atoms with Gasteiger partial charge in [0.15, 0.2) is 0 Å². The van der Waals surface area contributed by atoms with E-state index in [1.165, 1.54) is 7.11 Å². The summed E-state index contributed by atoms with van der Waals surface area (Å²) in [4.78, 5) is 12.4. The number of nitrogens with zero attached hydrogens (tertiary/aromatic N) is 1. The van der Waals surface area contributed by atoms with Crippen LogP contribution in [0.4, 0.5) is 13.2 Å². The fourth-order valence-electron chi connectivity index (χ4n) is 1.91. The van der Waals surface area contributed by atoms with E-state index < -0.39 is 23.9 Å². The molecule has 16 heavy (non-hydrogen) atoms. The molecule has 0 aromatic rings. The quantitative estimate of drug-likeness (QED) is 0.719. The van der Waals surface area contributed by atoms with Crippen molar-refractivity contribution in [2.45, 2.75) is 6.18 Å². The van der Waals surface area contributed by atoms with E-state index >= 15 is 0 Å². The normalized spacial score (nSPS) is 26.2. The lowest BCUT2D eigenvalue weighted by atomic mass is 9.96. The predicted octanol–water partition coefficient (Wildman–Crippen LogP) is 1.51. The summed E-state index contributed by atoms with van der Waals surface area (Å²) in [7, 11) is 1.35. The number of halogens is 4. The first kappa shape index (κ1) is 13.6. The Bertz CT molecular complexity index is 260. The van der Waals surface area contributed by atoms with Crippen molar-refractivity contribution >= 4 is 17.5 Å². The molecule has 94 valence electrons. The van der Waals surface area contributed by atoms with E-state index in [2.05, 4.69) is 0 Å². The van der Waals surface area contributed by atoms with Crippen molar-refractivity contribution in [2.24, 2.45) is 11.8 Å². The molecule has 0 N–H and O–H groups in total. The summed E-state index contributed by atoms with van der Waals surface area (Å²) < 4.78 is 42.7. The Labute approximate surface area is 96.5 Å². The maximum absolute atomic E-state index is 12.6. The van der Waals surface area contributed by atoms with Gasteiger partial charge in [0, 0.05) is 26.1 Å². The van der Waals surface area contributed by atoms with Crippen LogP contribution in [-0.2, 0) is 9.53 Å². The minimum absolute atomic E-state index is 0.00373. The Morgan fingerprint density at radius 1 is 1.50 bits per heavy atom. The molecular weight excluding hydrogens is 247 g/mol. The summed E-state index contributed by atoms with van der Waals surface area (Å²) in [5, 5.41) is 0. The molecule has 1 amide bonds. The van der Waals surface area contributed by atoms with Gasteiger partial charge in [-0.1, -0.05) is 0 Å². The highest BCUT2D eigenvalue weighted by atomic mass is 35.5. The number of ether oxygens (including phenoxy) is 1. The molecule has 1 aliphatic heterocycles. The second kappa shape index (κ2) is 5.23. The highest BCUT2D eigenvalue weighted by Gasteiger charge is 2.50. The number of carbonyl (C=O) groups excluding carboxylic acids is 1. The molecule has 0 aromatic carbocycles. The van der Waals surface area contributed by atoms with Gasteiger partial charge in [0.1, 0.15) is 5.88 Å². The topological polar surface area (TPSA) is 29.5 Å². The summed E-state index contributed by atoms with van der Waals surface area (Å²) in [5.74, 6) is -2.96. The molecule has 1 fully saturated rings. The van der Waals surface area contributed by atoms with E-state index in [-0.39, 0.29) is 25.6 Å². The average Bonchev–Trinajstić information content (AvgIpc) is 2.61. The van der Waals surface area contributed by atoms with Gasteiger partial charge in [0.25, 0.3) is 0 Å². The van der Waals surface area contributed by atoms with E-state index in [1.807, 2.05) is 0 Å². The van der Waals surface area contributed by atoms with Crippen LogP contribution in [0.2, 0.25) is 0 Å². The van der Waals surface area contributed by atoms with E-state index in [1.54, 1.807) is 0 Å². The van der Waals surface area contributed by atoms with Crippen molar-refractivity contribution in [1.29, 1.82) is 0 Å². The molecule has 1 saturated heterocycles. The zero-order chi connectivity index (χ0) is 12.3.